The molecule has 0 saturated heterocycles. The Morgan fingerprint density at radius 1 is 0.867 bits per heavy atom. The van der Waals surface area contributed by atoms with Crippen LogP contribution in [0.1, 0.15) is 5.56 Å². The van der Waals surface area contributed by atoms with E-state index in [0.29, 0.717) is 5.88 Å². The summed E-state index contributed by atoms with van der Waals surface area (Å²) in [5, 5.41) is 0. The van der Waals surface area contributed by atoms with Gasteiger partial charge in [-0.3, -0.25) is 0 Å². The SMILES string of the molecule is ClCc1ccccc1-c1ccccc1Br. The molecule has 76 valence electrons. The Morgan fingerprint density at radius 2 is 1.47 bits per heavy atom. The van der Waals surface area contributed by atoms with E-state index >= 15 is 0 Å². The zero-order valence-corrected chi connectivity index (χ0v) is 10.4. The van der Waals surface area contributed by atoms with Gasteiger partial charge in [-0.15, -0.1) is 11.6 Å². The summed E-state index contributed by atoms with van der Waals surface area (Å²) < 4.78 is 1.10. The lowest BCUT2D eigenvalue weighted by Crippen LogP contribution is -1.86. The van der Waals surface area contributed by atoms with Gasteiger partial charge in [0.15, 0.2) is 0 Å². The molecule has 0 saturated carbocycles. The molecule has 2 aromatic carbocycles. The largest absolute Gasteiger partial charge is 0.122 e. The third-order valence-corrected chi connectivity index (χ3v) is 3.30. The quantitative estimate of drug-likeness (QED) is 0.690. The molecule has 15 heavy (non-hydrogen) atoms. The molecule has 2 aromatic rings. The van der Waals surface area contributed by atoms with Crippen molar-refractivity contribution in [3.63, 3.8) is 0 Å². The second-order valence-corrected chi connectivity index (χ2v) is 4.39. The van der Waals surface area contributed by atoms with Crippen LogP contribution in [0, 0.1) is 0 Å². The smallest absolute Gasteiger partial charge is 0.0480 e. The molecule has 0 bridgehead atoms. The van der Waals surface area contributed by atoms with Crippen molar-refractivity contribution < 1.29 is 0 Å². The van der Waals surface area contributed by atoms with E-state index in [2.05, 4.69) is 34.1 Å². The van der Waals surface area contributed by atoms with Gasteiger partial charge in [-0.25, -0.2) is 0 Å². The van der Waals surface area contributed by atoms with E-state index in [4.69, 9.17) is 11.6 Å². The fraction of sp³-hybridized carbons (Fsp3) is 0.0769. The molecule has 0 N–H and O–H groups in total. The Bertz CT molecular complexity index is 466. The van der Waals surface area contributed by atoms with Crippen molar-refractivity contribution in [2.75, 3.05) is 0 Å². The van der Waals surface area contributed by atoms with Crippen LogP contribution < -0.4 is 0 Å². The molecule has 0 fully saturated rings. The minimum Gasteiger partial charge on any atom is -0.122 e. The van der Waals surface area contributed by atoms with Gasteiger partial charge in [0.2, 0.25) is 0 Å². The monoisotopic (exact) mass is 280 g/mol. The molecular formula is C13H10BrCl. The summed E-state index contributed by atoms with van der Waals surface area (Å²) in [4.78, 5) is 0. The normalized spacial score (nSPS) is 10.3. The van der Waals surface area contributed by atoms with Crippen molar-refractivity contribution in [2.45, 2.75) is 5.88 Å². The van der Waals surface area contributed by atoms with Gasteiger partial charge in [-0.05, 0) is 22.8 Å². The van der Waals surface area contributed by atoms with Crippen LogP contribution in [-0.4, -0.2) is 0 Å². The highest BCUT2D eigenvalue weighted by Crippen LogP contribution is 2.30. The molecule has 0 aromatic heterocycles. The Hall–Kier alpha value is -0.790. The Morgan fingerprint density at radius 3 is 2.13 bits per heavy atom. The van der Waals surface area contributed by atoms with Gasteiger partial charge < -0.3 is 0 Å². The van der Waals surface area contributed by atoms with E-state index in [-0.39, 0.29) is 0 Å². The van der Waals surface area contributed by atoms with Crippen LogP contribution in [0.2, 0.25) is 0 Å². The Kier molecular flexibility index (Phi) is 3.45. The van der Waals surface area contributed by atoms with Gasteiger partial charge in [0.1, 0.15) is 0 Å². The van der Waals surface area contributed by atoms with Crippen LogP contribution >= 0.6 is 27.5 Å². The Balaban J connectivity index is 2.59. The fourth-order valence-corrected chi connectivity index (χ4v) is 2.31. The molecule has 0 heterocycles. The summed E-state index contributed by atoms with van der Waals surface area (Å²) in [5.74, 6) is 0.539. The number of rotatable bonds is 2. The fourth-order valence-electron chi connectivity index (χ4n) is 1.58. The van der Waals surface area contributed by atoms with E-state index in [9.17, 15) is 0 Å². The van der Waals surface area contributed by atoms with E-state index in [0.717, 1.165) is 10.0 Å². The highest BCUT2D eigenvalue weighted by atomic mass is 79.9. The lowest BCUT2D eigenvalue weighted by Gasteiger charge is -2.08. The van der Waals surface area contributed by atoms with E-state index in [1.165, 1.54) is 11.1 Å². The van der Waals surface area contributed by atoms with E-state index in [1.54, 1.807) is 0 Å². The van der Waals surface area contributed by atoms with Gasteiger partial charge in [0.25, 0.3) is 0 Å². The molecule has 2 rings (SSSR count). The van der Waals surface area contributed by atoms with Gasteiger partial charge in [-0.1, -0.05) is 58.4 Å². The van der Waals surface area contributed by atoms with E-state index < -0.39 is 0 Å². The molecule has 0 radical (unpaired) electrons. The van der Waals surface area contributed by atoms with Crippen LogP contribution in [0.3, 0.4) is 0 Å². The molecule has 0 atom stereocenters. The second kappa shape index (κ2) is 4.82. The van der Waals surface area contributed by atoms with E-state index in [1.807, 2.05) is 30.3 Å². The minimum atomic E-state index is 0.539. The zero-order valence-electron chi connectivity index (χ0n) is 8.08. The maximum absolute atomic E-state index is 5.92. The van der Waals surface area contributed by atoms with Crippen molar-refractivity contribution in [1.82, 2.24) is 0 Å². The molecule has 0 unspecified atom stereocenters. The molecule has 0 spiro atoms. The van der Waals surface area contributed by atoms with Crippen molar-refractivity contribution >= 4 is 27.5 Å². The summed E-state index contributed by atoms with van der Waals surface area (Å²) in [6.07, 6.45) is 0. The maximum atomic E-state index is 5.92. The van der Waals surface area contributed by atoms with Crippen molar-refractivity contribution in [1.29, 1.82) is 0 Å². The number of hydrogen-bond acceptors (Lipinski definition) is 0. The van der Waals surface area contributed by atoms with Crippen LogP contribution in [0.4, 0.5) is 0 Å². The lowest BCUT2D eigenvalue weighted by molar-refractivity contribution is 1.39. The Labute approximate surface area is 103 Å². The maximum Gasteiger partial charge on any atom is 0.0480 e. The molecule has 2 heteroatoms. The molecule has 0 nitrogen and oxygen atoms in total. The van der Waals surface area contributed by atoms with Crippen LogP contribution in [-0.2, 0) is 5.88 Å². The molecule has 0 aliphatic heterocycles. The average molecular weight is 282 g/mol. The summed E-state index contributed by atoms with van der Waals surface area (Å²) in [7, 11) is 0. The minimum absolute atomic E-state index is 0.539. The first kappa shape index (κ1) is 10.7. The van der Waals surface area contributed by atoms with Crippen molar-refractivity contribution in [3.05, 3.63) is 58.6 Å². The average Bonchev–Trinajstić information content (AvgIpc) is 2.30. The molecule has 0 aliphatic rings. The van der Waals surface area contributed by atoms with Crippen LogP contribution in [0.25, 0.3) is 11.1 Å². The van der Waals surface area contributed by atoms with Gasteiger partial charge in [0, 0.05) is 10.4 Å². The first-order chi connectivity index (χ1) is 7.33. The number of halogens is 2. The second-order valence-electron chi connectivity index (χ2n) is 3.27. The van der Waals surface area contributed by atoms with Crippen LogP contribution in [0.5, 0.6) is 0 Å². The topological polar surface area (TPSA) is 0 Å². The number of benzene rings is 2. The lowest BCUT2D eigenvalue weighted by atomic mass is 10.0. The van der Waals surface area contributed by atoms with Gasteiger partial charge >= 0.3 is 0 Å². The highest BCUT2D eigenvalue weighted by Gasteiger charge is 2.05. The van der Waals surface area contributed by atoms with Crippen molar-refractivity contribution in [3.8, 4) is 11.1 Å². The van der Waals surface area contributed by atoms with Gasteiger partial charge in [0.05, 0.1) is 0 Å². The van der Waals surface area contributed by atoms with Crippen molar-refractivity contribution in [2.24, 2.45) is 0 Å². The standard InChI is InChI=1S/C13H10BrCl/c14-13-8-4-3-7-12(13)11-6-2-1-5-10(11)9-15/h1-8H,9H2. The molecular weight excluding hydrogens is 271 g/mol. The first-order valence-corrected chi connectivity index (χ1v) is 6.04. The summed E-state index contributed by atoms with van der Waals surface area (Å²) in [5.41, 5.74) is 3.54. The molecule has 0 amide bonds. The summed E-state index contributed by atoms with van der Waals surface area (Å²) in [6, 6.07) is 16.4. The van der Waals surface area contributed by atoms with Gasteiger partial charge in [-0.2, -0.15) is 0 Å². The molecule has 0 aliphatic carbocycles. The number of hydrogen-bond donors (Lipinski definition) is 0. The predicted molar refractivity (Wildman–Crippen MR) is 69.1 cm³/mol. The third-order valence-electron chi connectivity index (χ3n) is 2.33. The van der Waals surface area contributed by atoms with Crippen LogP contribution in [0.15, 0.2) is 53.0 Å². The number of alkyl halides is 1. The highest BCUT2D eigenvalue weighted by molar-refractivity contribution is 9.10. The first-order valence-electron chi connectivity index (χ1n) is 4.71. The summed E-state index contributed by atoms with van der Waals surface area (Å²) in [6.45, 7) is 0. The third kappa shape index (κ3) is 2.24. The zero-order chi connectivity index (χ0) is 10.7. The predicted octanol–water partition coefficient (Wildman–Crippen LogP) is 4.85. The summed E-state index contributed by atoms with van der Waals surface area (Å²) >= 11 is 9.47.